The van der Waals surface area contributed by atoms with Gasteiger partial charge in [-0.2, -0.15) is 0 Å². The molecular weight excluding hydrogens is 162 g/mol. The van der Waals surface area contributed by atoms with Crippen molar-refractivity contribution in [2.45, 2.75) is 6.54 Å². The normalized spacial score (nSPS) is 10.2. The highest BCUT2D eigenvalue weighted by atomic mass is 15.0. The van der Waals surface area contributed by atoms with Gasteiger partial charge in [0.2, 0.25) is 6.54 Å². The first kappa shape index (κ1) is 7.81. The average molecular weight is 171 g/mol. The largest absolute Gasteiger partial charge is 0.334 e. The number of aryl methyl sites for hydroxylation is 1. The van der Waals surface area contributed by atoms with Crippen molar-refractivity contribution in [2.24, 2.45) is 7.05 Å². The van der Waals surface area contributed by atoms with Crippen LogP contribution in [-0.2, 0) is 13.6 Å². The number of hydrogen-bond acceptors (Lipinski definition) is 1. The summed E-state index contributed by atoms with van der Waals surface area (Å²) in [6, 6.07) is 5.92. The summed E-state index contributed by atoms with van der Waals surface area (Å²) in [4.78, 5) is 7.62. The number of fused-ring (bicyclic) bond motifs is 1. The summed E-state index contributed by atoms with van der Waals surface area (Å²) in [6.45, 7) is 7.22. The molecule has 13 heavy (non-hydrogen) atoms. The molecule has 64 valence electrons. The Morgan fingerprint density at radius 2 is 2.38 bits per heavy atom. The van der Waals surface area contributed by atoms with Gasteiger partial charge < -0.3 is 9.41 Å². The highest BCUT2D eigenvalue weighted by molar-refractivity contribution is 5.78. The Hall–Kier alpha value is -1.82. The van der Waals surface area contributed by atoms with Crippen LogP contribution >= 0.6 is 0 Å². The summed E-state index contributed by atoms with van der Waals surface area (Å²) in [6.07, 6.45) is 1.78. The van der Waals surface area contributed by atoms with Gasteiger partial charge in [0, 0.05) is 7.05 Å². The maximum Gasteiger partial charge on any atom is 0.241 e. The van der Waals surface area contributed by atoms with Gasteiger partial charge in [-0.15, -0.1) is 0 Å². The van der Waals surface area contributed by atoms with E-state index in [0.717, 1.165) is 16.6 Å². The van der Waals surface area contributed by atoms with Crippen molar-refractivity contribution in [3.63, 3.8) is 0 Å². The number of benzene rings is 1. The summed E-state index contributed by atoms with van der Waals surface area (Å²) >= 11 is 0. The fourth-order valence-corrected chi connectivity index (χ4v) is 1.43. The van der Waals surface area contributed by atoms with Gasteiger partial charge in [-0.25, -0.2) is 11.6 Å². The van der Waals surface area contributed by atoms with E-state index in [1.54, 1.807) is 6.33 Å². The second kappa shape index (κ2) is 2.91. The Labute approximate surface area is 76.4 Å². The standard InChI is InChI=1S/C10H9N3/c1-11-6-8-4-3-5-9-10(8)12-7-13(9)2/h3-5,7H,6H2,2H3. The van der Waals surface area contributed by atoms with Crippen LogP contribution < -0.4 is 0 Å². The highest BCUT2D eigenvalue weighted by Gasteiger charge is 2.05. The minimum Gasteiger partial charge on any atom is -0.334 e. The van der Waals surface area contributed by atoms with Crippen LogP contribution in [0.4, 0.5) is 0 Å². The fourth-order valence-electron chi connectivity index (χ4n) is 1.43. The molecule has 0 N–H and O–H groups in total. The lowest BCUT2D eigenvalue weighted by Crippen LogP contribution is -1.85. The van der Waals surface area contributed by atoms with Crippen molar-refractivity contribution in [1.29, 1.82) is 0 Å². The predicted molar refractivity (Wildman–Crippen MR) is 51.0 cm³/mol. The van der Waals surface area contributed by atoms with Gasteiger partial charge in [0.15, 0.2) is 0 Å². The molecule has 1 aromatic carbocycles. The zero-order valence-electron chi connectivity index (χ0n) is 7.36. The van der Waals surface area contributed by atoms with E-state index in [1.807, 2.05) is 29.8 Å². The minimum atomic E-state index is 0.411. The second-order valence-corrected chi connectivity index (χ2v) is 2.96. The van der Waals surface area contributed by atoms with Crippen molar-refractivity contribution in [3.8, 4) is 0 Å². The lowest BCUT2D eigenvalue weighted by Gasteiger charge is -1.95. The Bertz CT molecular complexity index is 476. The monoisotopic (exact) mass is 171 g/mol. The Kier molecular flexibility index (Phi) is 1.75. The maximum atomic E-state index is 6.81. The van der Waals surface area contributed by atoms with Crippen LogP contribution in [0.25, 0.3) is 15.9 Å². The molecule has 0 amide bonds. The molecule has 0 saturated carbocycles. The first-order valence-corrected chi connectivity index (χ1v) is 4.05. The van der Waals surface area contributed by atoms with Crippen LogP contribution in [0.5, 0.6) is 0 Å². The second-order valence-electron chi connectivity index (χ2n) is 2.96. The molecule has 0 unspecified atom stereocenters. The zero-order valence-corrected chi connectivity index (χ0v) is 7.36. The van der Waals surface area contributed by atoms with Crippen molar-refractivity contribution < 1.29 is 0 Å². The molecule has 0 radical (unpaired) electrons. The smallest absolute Gasteiger partial charge is 0.241 e. The fraction of sp³-hybridized carbons (Fsp3) is 0.200. The Morgan fingerprint density at radius 3 is 3.15 bits per heavy atom. The van der Waals surface area contributed by atoms with Gasteiger partial charge in [-0.1, -0.05) is 6.07 Å². The number of aromatic nitrogens is 2. The quantitative estimate of drug-likeness (QED) is 0.601. The van der Waals surface area contributed by atoms with E-state index >= 15 is 0 Å². The van der Waals surface area contributed by atoms with Gasteiger partial charge in [0.05, 0.1) is 22.9 Å². The van der Waals surface area contributed by atoms with Crippen LogP contribution in [0, 0.1) is 6.57 Å². The molecule has 0 aliphatic carbocycles. The van der Waals surface area contributed by atoms with E-state index in [-0.39, 0.29) is 0 Å². The first-order valence-electron chi connectivity index (χ1n) is 4.05. The summed E-state index contributed by atoms with van der Waals surface area (Å²) in [5.74, 6) is 0. The lowest BCUT2D eigenvalue weighted by molar-refractivity contribution is 0.948. The number of hydrogen-bond donors (Lipinski definition) is 0. The molecule has 0 atom stereocenters. The summed E-state index contributed by atoms with van der Waals surface area (Å²) < 4.78 is 1.96. The molecule has 0 aliphatic heterocycles. The summed E-state index contributed by atoms with van der Waals surface area (Å²) in [7, 11) is 1.96. The predicted octanol–water partition coefficient (Wildman–Crippen LogP) is 1.99. The molecule has 2 aromatic rings. The minimum absolute atomic E-state index is 0.411. The molecule has 1 heterocycles. The molecule has 1 aromatic heterocycles. The molecule has 2 rings (SSSR count). The average Bonchev–Trinajstić information content (AvgIpc) is 2.50. The van der Waals surface area contributed by atoms with Crippen LogP contribution in [0.15, 0.2) is 24.5 Å². The molecule has 0 aliphatic rings. The molecule has 0 saturated heterocycles. The van der Waals surface area contributed by atoms with E-state index in [2.05, 4.69) is 9.83 Å². The SMILES string of the molecule is [C-]#[N+]Cc1cccc2c1ncn2C. The number of imidazole rings is 1. The van der Waals surface area contributed by atoms with Crippen molar-refractivity contribution >= 4 is 11.0 Å². The third kappa shape index (κ3) is 1.17. The summed E-state index contributed by atoms with van der Waals surface area (Å²) in [5, 5.41) is 0. The molecule has 0 bridgehead atoms. The Balaban J connectivity index is 2.71. The van der Waals surface area contributed by atoms with Crippen molar-refractivity contribution in [3.05, 3.63) is 41.5 Å². The van der Waals surface area contributed by atoms with Gasteiger partial charge >= 0.3 is 0 Å². The van der Waals surface area contributed by atoms with E-state index in [4.69, 9.17) is 6.57 Å². The van der Waals surface area contributed by atoms with Gasteiger partial charge in [0.25, 0.3) is 0 Å². The molecule has 3 heteroatoms. The van der Waals surface area contributed by atoms with Gasteiger partial charge in [0.1, 0.15) is 0 Å². The van der Waals surface area contributed by atoms with Crippen LogP contribution in [0.1, 0.15) is 5.56 Å². The van der Waals surface area contributed by atoms with Gasteiger partial charge in [-0.3, -0.25) is 0 Å². The number of rotatable bonds is 1. The Morgan fingerprint density at radius 1 is 1.54 bits per heavy atom. The van der Waals surface area contributed by atoms with Crippen LogP contribution in [-0.4, -0.2) is 9.55 Å². The first-order chi connectivity index (χ1) is 6.33. The van der Waals surface area contributed by atoms with Gasteiger partial charge in [-0.05, 0) is 12.1 Å². The van der Waals surface area contributed by atoms with Crippen molar-refractivity contribution in [1.82, 2.24) is 9.55 Å². The zero-order chi connectivity index (χ0) is 9.26. The molecule has 3 nitrogen and oxygen atoms in total. The van der Waals surface area contributed by atoms with E-state index in [0.29, 0.717) is 6.54 Å². The highest BCUT2D eigenvalue weighted by Crippen LogP contribution is 2.16. The maximum absolute atomic E-state index is 6.81. The van der Waals surface area contributed by atoms with Crippen molar-refractivity contribution in [2.75, 3.05) is 0 Å². The van der Waals surface area contributed by atoms with Crippen LogP contribution in [0.3, 0.4) is 0 Å². The summed E-state index contributed by atoms with van der Waals surface area (Å²) in [5.41, 5.74) is 3.04. The molecular formula is C10H9N3. The number of nitrogens with zero attached hydrogens (tertiary/aromatic N) is 3. The molecule has 0 spiro atoms. The third-order valence-electron chi connectivity index (χ3n) is 2.09. The van der Waals surface area contributed by atoms with Crippen LogP contribution in [0.2, 0.25) is 0 Å². The molecule has 0 fully saturated rings. The lowest BCUT2D eigenvalue weighted by atomic mass is 10.2. The van der Waals surface area contributed by atoms with E-state index in [9.17, 15) is 0 Å². The topological polar surface area (TPSA) is 22.2 Å². The number of para-hydroxylation sites is 1. The van der Waals surface area contributed by atoms with E-state index in [1.165, 1.54) is 0 Å². The van der Waals surface area contributed by atoms with E-state index < -0.39 is 0 Å². The third-order valence-corrected chi connectivity index (χ3v) is 2.09.